The molecule has 1 heterocycles. The Balaban J connectivity index is 1.83. The molecule has 0 aliphatic heterocycles. The molecule has 0 aliphatic rings. The predicted molar refractivity (Wildman–Crippen MR) is 81.9 cm³/mol. The van der Waals surface area contributed by atoms with Gasteiger partial charge in [0.1, 0.15) is 10.7 Å². The van der Waals surface area contributed by atoms with Gasteiger partial charge in [-0.1, -0.05) is 0 Å². The van der Waals surface area contributed by atoms with Crippen LogP contribution in [0.1, 0.15) is 17.5 Å². The number of benzene rings is 1. The Bertz CT molecular complexity index is 737. The normalized spacial score (nSPS) is 10.0. The Labute approximate surface area is 136 Å². The third-order valence-electron chi connectivity index (χ3n) is 2.76. The Morgan fingerprint density at radius 1 is 1.21 bits per heavy atom. The number of rotatable bonds is 7. The summed E-state index contributed by atoms with van der Waals surface area (Å²) in [6.45, 7) is 1.84. The molecule has 1 N–H and O–H groups in total. The first kappa shape index (κ1) is 17.0. The van der Waals surface area contributed by atoms with Crippen LogP contribution in [-0.2, 0) is 9.53 Å². The number of hydrogen-bond donors (Lipinski definition) is 1. The molecule has 0 fully saturated rings. The van der Waals surface area contributed by atoms with Crippen molar-refractivity contribution in [3.8, 4) is 5.75 Å². The lowest BCUT2D eigenvalue weighted by Gasteiger charge is -2.07. The summed E-state index contributed by atoms with van der Waals surface area (Å²) >= 11 is 0. The first-order valence-corrected chi connectivity index (χ1v) is 6.93. The molecule has 24 heavy (non-hydrogen) atoms. The molecule has 0 bridgehead atoms. The number of nitro groups is 1. The molecule has 1 aromatic heterocycles. The summed E-state index contributed by atoms with van der Waals surface area (Å²) < 4.78 is 14.7. The fourth-order valence-electron chi connectivity index (χ4n) is 1.74. The van der Waals surface area contributed by atoms with E-state index in [1.807, 2.05) is 6.92 Å². The van der Waals surface area contributed by atoms with Crippen LogP contribution in [-0.4, -0.2) is 30.0 Å². The van der Waals surface area contributed by atoms with E-state index in [2.05, 4.69) is 9.73 Å². The van der Waals surface area contributed by atoms with Gasteiger partial charge in [0, 0.05) is 5.69 Å². The molecule has 0 aliphatic carbocycles. The van der Waals surface area contributed by atoms with Crippen molar-refractivity contribution in [1.82, 2.24) is 0 Å². The predicted octanol–water partition coefficient (Wildman–Crippen LogP) is 2.38. The van der Waals surface area contributed by atoms with Gasteiger partial charge in [0.25, 0.3) is 5.91 Å². The SMILES string of the molecule is CCOc1ccc(NC(=O)COC(=O)c2ccc([N+](=O)[O-])o2)cc1. The van der Waals surface area contributed by atoms with Gasteiger partial charge in [0.15, 0.2) is 6.61 Å². The third kappa shape index (κ3) is 4.57. The highest BCUT2D eigenvalue weighted by atomic mass is 16.7. The van der Waals surface area contributed by atoms with E-state index in [1.165, 1.54) is 0 Å². The minimum absolute atomic E-state index is 0.351. The largest absolute Gasteiger partial charge is 0.494 e. The zero-order valence-corrected chi connectivity index (χ0v) is 12.7. The second-order valence-corrected chi connectivity index (χ2v) is 4.48. The first-order chi connectivity index (χ1) is 11.5. The maximum Gasteiger partial charge on any atom is 0.433 e. The molecule has 2 rings (SSSR count). The fourth-order valence-corrected chi connectivity index (χ4v) is 1.74. The lowest BCUT2D eigenvalue weighted by molar-refractivity contribution is -0.402. The maximum absolute atomic E-state index is 11.7. The summed E-state index contributed by atoms with van der Waals surface area (Å²) in [6, 6.07) is 8.78. The number of furan rings is 1. The van der Waals surface area contributed by atoms with Gasteiger partial charge in [-0.15, -0.1) is 0 Å². The third-order valence-corrected chi connectivity index (χ3v) is 2.76. The molecule has 1 amide bonds. The summed E-state index contributed by atoms with van der Waals surface area (Å²) in [5.74, 6) is -1.80. The van der Waals surface area contributed by atoms with Crippen LogP contribution in [0, 0.1) is 10.1 Å². The molecule has 0 saturated heterocycles. The minimum Gasteiger partial charge on any atom is -0.494 e. The van der Waals surface area contributed by atoms with Gasteiger partial charge >= 0.3 is 11.9 Å². The van der Waals surface area contributed by atoms with E-state index in [0.717, 1.165) is 12.1 Å². The number of esters is 1. The lowest BCUT2D eigenvalue weighted by atomic mass is 10.3. The average molecular weight is 334 g/mol. The first-order valence-electron chi connectivity index (χ1n) is 6.93. The van der Waals surface area contributed by atoms with Crippen molar-refractivity contribution in [1.29, 1.82) is 0 Å². The number of carbonyl (C=O) groups excluding carboxylic acids is 2. The zero-order chi connectivity index (χ0) is 17.5. The van der Waals surface area contributed by atoms with Gasteiger partial charge in [-0.3, -0.25) is 14.9 Å². The van der Waals surface area contributed by atoms with Gasteiger partial charge in [-0.25, -0.2) is 4.79 Å². The molecular weight excluding hydrogens is 320 g/mol. The molecule has 0 saturated carbocycles. The summed E-state index contributed by atoms with van der Waals surface area (Å²) in [4.78, 5) is 33.0. The topological polar surface area (TPSA) is 121 Å². The van der Waals surface area contributed by atoms with Gasteiger partial charge in [0.2, 0.25) is 5.76 Å². The number of nitrogens with zero attached hydrogens (tertiary/aromatic N) is 1. The van der Waals surface area contributed by atoms with Gasteiger partial charge < -0.3 is 19.2 Å². The van der Waals surface area contributed by atoms with Gasteiger partial charge in [0.05, 0.1) is 12.7 Å². The van der Waals surface area contributed by atoms with Crippen molar-refractivity contribution in [3.63, 3.8) is 0 Å². The van der Waals surface area contributed by atoms with Crippen molar-refractivity contribution in [2.45, 2.75) is 6.92 Å². The minimum atomic E-state index is -0.968. The highest BCUT2D eigenvalue weighted by Crippen LogP contribution is 2.17. The molecule has 2 aromatic rings. The van der Waals surface area contributed by atoms with Crippen molar-refractivity contribution in [2.75, 3.05) is 18.5 Å². The molecule has 9 heteroatoms. The van der Waals surface area contributed by atoms with Crippen LogP contribution >= 0.6 is 0 Å². The number of carbonyl (C=O) groups is 2. The fraction of sp³-hybridized carbons (Fsp3) is 0.200. The molecular formula is C15H14N2O7. The highest BCUT2D eigenvalue weighted by Gasteiger charge is 2.19. The monoisotopic (exact) mass is 334 g/mol. The van der Waals surface area contributed by atoms with Crippen LogP contribution < -0.4 is 10.1 Å². The van der Waals surface area contributed by atoms with E-state index in [9.17, 15) is 19.7 Å². The van der Waals surface area contributed by atoms with Crippen molar-refractivity contribution >= 4 is 23.4 Å². The van der Waals surface area contributed by atoms with Crippen LogP contribution in [0.4, 0.5) is 11.6 Å². The summed E-state index contributed by atoms with van der Waals surface area (Å²) in [7, 11) is 0. The number of ether oxygens (including phenoxy) is 2. The highest BCUT2D eigenvalue weighted by molar-refractivity contribution is 5.94. The zero-order valence-electron chi connectivity index (χ0n) is 12.7. The lowest BCUT2D eigenvalue weighted by Crippen LogP contribution is -2.20. The standard InChI is InChI=1S/C15H14N2O7/c1-2-22-11-5-3-10(4-6-11)16-13(18)9-23-15(19)12-7-8-14(24-12)17(20)21/h3-8H,2,9H2,1H3,(H,16,18). The van der Waals surface area contributed by atoms with Crippen LogP contribution in [0.2, 0.25) is 0 Å². The van der Waals surface area contributed by atoms with Crippen LogP contribution in [0.5, 0.6) is 5.75 Å². The van der Waals surface area contributed by atoms with E-state index in [1.54, 1.807) is 24.3 Å². The van der Waals surface area contributed by atoms with E-state index in [0.29, 0.717) is 18.0 Å². The Morgan fingerprint density at radius 2 is 1.92 bits per heavy atom. The van der Waals surface area contributed by atoms with Crippen LogP contribution in [0.15, 0.2) is 40.8 Å². The van der Waals surface area contributed by atoms with E-state index >= 15 is 0 Å². The van der Waals surface area contributed by atoms with Gasteiger partial charge in [-0.05, 0) is 37.3 Å². The molecule has 9 nitrogen and oxygen atoms in total. The molecule has 0 spiro atoms. The van der Waals surface area contributed by atoms with Crippen molar-refractivity contribution in [2.24, 2.45) is 0 Å². The molecule has 0 atom stereocenters. The van der Waals surface area contributed by atoms with Crippen LogP contribution in [0.3, 0.4) is 0 Å². The van der Waals surface area contributed by atoms with E-state index in [4.69, 9.17) is 9.47 Å². The van der Waals surface area contributed by atoms with E-state index in [-0.39, 0.29) is 5.76 Å². The summed E-state index contributed by atoms with van der Waals surface area (Å²) in [6.07, 6.45) is 0. The Kier molecular flexibility index (Phi) is 5.50. The second-order valence-electron chi connectivity index (χ2n) is 4.48. The average Bonchev–Trinajstić information content (AvgIpc) is 3.05. The number of amides is 1. The smallest absolute Gasteiger partial charge is 0.433 e. The molecule has 126 valence electrons. The maximum atomic E-state index is 11.7. The van der Waals surface area contributed by atoms with E-state index < -0.39 is 29.3 Å². The Morgan fingerprint density at radius 3 is 2.50 bits per heavy atom. The number of nitrogens with one attached hydrogen (secondary N) is 1. The quantitative estimate of drug-likeness (QED) is 0.468. The molecule has 1 aromatic carbocycles. The summed E-state index contributed by atoms with van der Waals surface area (Å²) in [5.41, 5.74) is 0.508. The van der Waals surface area contributed by atoms with Crippen molar-refractivity contribution < 1.29 is 28.4 Å². The summed E-state index contributed by atoms with van der Waals surface area (Å²) in [5, 5.41) is 13.0. The van der Waals surface area contributed by atoms with Crippen molar-refractivity contribution in [3.05, 3.63) is 52.3 Å². The Hall–Kier alpha value is -3.36. The molecule has 0 unspecified atom stereocenters. The second kappa shape index (κ2) is 7.77. The van der Waals surface area contributed by atoms with Gasteiger partial charge in [-0.2, -0.15) is 0 Å². The molecule has 0 radical (unpaired) electrons. The van der Waals surface area contributed by atoms with Crippen LogP contribution in [0.25, 0.3) is 0 Å². The number of anilines is 1. The number of hydrogen-bond acceptors (Lipinski definition) is 7.